The van der Waals surface area contributed by atoms with Crippen LogP contribution < -0.4 is 11.5 Å². The number of hydrogen-bond acceptors (Lipinski definition) is 2. The van der Waals surface area contributed by atoms with Crippen molar-refractivity contribution in [2.75, 3.05) is 0 Å². The molecule has 4 aliphatic rings. The van der Waals surface area contributed by atoms with E-state index >= 15 is 0 Å². The fourth-order valence-corrected chi connectivity index (χ4v) is 10.6. The van der Waals surface area contributed by atoms with Gasteiger partial charge in [0.25, 0.3) is 0 Å². The van der Waals surface area contributed by atoms with Crippen LogP contribution in [0, 0.1) is 17.8 Å². The molecule has 2 nitrogen and oxygen atoms in total. The molecule has 4 N–H and O–H groups in total. The van der Waals surface area contributed by atoms with E-state index in [0.717, 1.165) is 50.4 Å². The monoisotopic (exact) mass is 623 g/mol. The van der Waals surface area contributed by atoms with E-state index in [2.05, 4.69) is 69.3 Å². The van der Waals surface area contributed by atoms with Gasteiger partial charge in [-0.1, -0.05) is 81.7 Å². The number of aryl methyl sites for hydroxylation is 2. The Morgan fingerprint density at radius 2 is 1.26 bits per heavy atom. The first-order valence-electron chi connectivity index (χ1n) is 19.7. The van der Waals surface area contributed by atoms with Crippen LogP contribution in [0.15, 0.2) is 48.6 Å². The molecule has 0 saturated heterocycles. The smallest absolute Gasteiger partial charge is 0.0163 e. The molecule has 46 heavy (non-hydrogen) atoms. The number of hydrogen-bond donors (Lipinski definition) is 2. The number of fused-ring (bicyclic) bond motifs is 2. The van der Waals surface area contributed by atoms with Crippen molar-refractivity contribution in [3.8, 4) is 0 Å². The number of nitrogens with two attached hydrogens (primary N) is 2. The van der Waals surface area contributed by atoms with E-state index < -0.39 is 0 Å². The summed E-state index contributed by atoms with van der Waals surface area (Å²) in [4.78, 5) is 0. The van der Waals surface area contributed by atoms with Crippen LogP contribution in [-0.2, 0) is 25.7 Å². The lowest BCUT2D eigenvalue weighted by Crippen LogP contribution is -2.43. The van der Waals surface area contributed by atoms with E-state index in [1.165, 1.54) is 89.9 Å². The van der Waals surface area contributed by atoms with Crippen molar-refractivity contribution in [3.63, 3.8) is 0 Å². The predicted molar refractivity (Wildman–Crippen MR) is 198 cm³/mol. The summed E-state index contributed by atoms with van der Waals surface area (Å²) in [6, 6.07) is 15.0. The molecule has 0 aromatic heterocycles. The fourth-order valence-electron chi connectivity index (χ4n) is 10.6. The maximum Gasteiger partial charge on any atom is 0.0163 e. The number of benzene rings is 2. The zero-order valence-electron chi connectivity index (χ0n) is 29.8. The van der Waals surface area contributed by atoms with Crippen LogP contribution in [0.25, 0.3) is 0 Å². The molecule has 0 heterocycles. The first kappa shape index (κ1) is 34.0. The number of unbranched alkanes of at least 4 members (excludes halogenated alkanes) is 2. The number of rotatable bonds is 13. The molecule has 0 amide bonds. The summed E-state index contributed by atoms with van der Waals surface area (Å²) in [5.74, 6) is 3.59. The van der Waals surface area contributed by atoms with Crippen molar-refractivity contribution < 1.29 is 0 Å². The van der Waals surface area contributed by atoms with Crippen molar-refractivity contribution in [1.82, 2.24) is 0 Å². The minimum atomic E-state index is -0.0418. The van der Waals surface area contributed by atoms with Gasteiger partial charge in [0.1, 0.15) is 0 Å². The van der Waals surface area contributed by atoms with Crippen LogP contribution in [0.3, 0.4) is 0 Å². The zero-order chi connectivity index (χ0) is 32.1. The summed E-state index contributed by atoms with van der Waals surface area (Å²) in [7, 11) is 0. The summed E-state index contributed by atoms with van der Waals surface area (Å²) in [5, 5.41) is 0. The highest BCUT2D eigenvalue weighted by atomic mass is 14.8. The van der Waals surface area contributed by atoms with Gasteiger partial charge in [-0.3, -0.25) is 0 Å². The molecule has 252 valence electrons. The Hall–Kier alpha value is -1.90. The molecule has 7 atom stereocenters. The minimum absolute atomic E-state index is 0.0390. The van der Waals surface area contributed by atoms with Crippen molar-refractivity contribution in [1.29, 1.82) is 0 Å². The lowest BCUT2D eigenvalue weighted by molar-refractivity contribution is 0.264. The van der Waals surface area contributed by atoms with Gasteiger partial charge in [-0.15, -0.1) is 0 Å². The number of allylic oxidation sites excluding steroid dienone is 2. The van der Waals surface area contributed by atoms with E-state index in [1.54, 1.807) is 33.4 Å². The van der Waals surface area contributed by atoms with Crippen molar-refractivity contribution >= 4 is 0 Å². The maximum atomic E-state index is 7.20. The van der Waals surface area contributed by atoms with Crippen LogP contribution in [0.5, 0.6) is 0 Å². The third kappa shape index (κ3) is 8.38. The molecule has 2 aromatic rings. The van der Waals surface area contributed by atoms with Crippen LogP contribution in [0.1, 0.15) is 169 Å². The maximum absolute atomic E-state index is 7.20. The van der Waals surface area contributed by atoms with Gasteiger partial charge in [-0.25, -0.2) is 0 Å². The minimum Gasteiger partial charge on any atom is -0.325 e. The Balaban J connectivity index is 0.985. The average molecular weight is 623 g/mol. The normalized spacial score (nSPS) is 31.7. The van der Waals surface area contributed by atoms with E-state index in [0.29, 0.717) is 17.8 Å². The third-order valence-electron chi connectivity index (χ3n) is 13.0. The molecule has 4 aliphatic carbocycles. The fraction of sp³-hybridized carbons (Fsp3) is 0.682. The van der Waals surface area contributed by atoms with E-state index in [9.17, 15) is 0 Å². The van der Waals surface area contributed by atoms with Crippen LogP contribution >= 0.6 is 0 Å². The second kappa shape index (κ2) is 15.1. The second-order valence-corrected chi connectivity index (χ2v) is 17.0. The Bertz CT molecular complexity index is 1330. The molecule has 0 radical (unpaired) electrons. The van der Waals surface area contributed by atoms with E-state index in [-0.39, 0.29) is 11.1 Å². The van der Waals surface area contributed by atoms with Crippen LogP contribution in [-0.4, -0.2) is 11.1 Å². The van der Waals surface area contributed by atoms with Gasteiger partial charge < -0.3 is 11.5 Å². The highest BCUT2D eigenvalue weighted by Gasteiger charge is 2.41. The summed E-state index contributed by atoms with van der Waals surface area (Å²) in [6.45, 7) is 6.89. The second-order valence-electron chi connectivity index (χ2n) is 17.0. The van der Waals surface area contributed by atoms with Gasteiger partial charge in [-0.05, 0) is 179 Å². The van der Waals surface area contributed by atoms with Gasteiger partial charge in [0.15, 0.2) is 0 Å². The largest absolute Gasteiger partial charge is 0.325 e. The van der Waals surface area contributed by atoms with E-state index in [1.807, 2.05) is 0 Å². The summed E-state index contributed by atoms with van der Waals surface area (Å²) in [5.41, 5.74) is 23.9. The first-order chi connectivity index (χ1) is 22.2. The highest BCUT2D eigenvalue weighted by Crippen LogP contribution is 2.47. The molecular weight excluding hydrogens is 556 g/mol. The lowest BCUT2D eigenvalue weighted by Gasteiger charge is -2.33. The van der Waals surface area contributed by atoms with Gasteiger partial charge in [0.05, 0.1) is 0 Å². The van der Waals surface area contributed by atoms with E-state index in [4.69, 9.17) is 11.5 Å². The lowest BCUT2D eigenvalue weighted by atomic mass is 9.77. The molecular formula is C44H66N2. The molecule has 0 spiro atoms. The molecule has 2 fully saturated rings. The summed E-state index contributed by atoms with van der Waals surface area (Å²) < 4.78 is 0. The Kier molecular flexibility index (Phi) is 11.2. The van der Waals surface area contributed by atoms with Gasteiger partial charge >= 0.3 is 0 Å². The molecule has 2 heteroatoms. The highest BCUT2D eigenvalue weighted by molar-refractivity contribution is 5.38. The van der Waals surface area contributed by atoms with Gasteiger partial charge in [0, 0.05) is 11.1 Å². The quantitative estimate of drug-likeness (QED) is 0.172. The van der Waals surface area contributed by atoms with Crippen molar-refractivity contribution in [3.05, 3.63) is 81.9 Å². The third-order valence-corrected chi connectivity index (χ3v) is 13.0. The van der Waals surface area contributed by atoms with Crippen molar-refractivity contribution in [2.24, 2.45) is 29.2 Å². The van der Waals surface area contributed by atoms with Crippen LogP contribution in [0.4, 0.5) is 0 Å². The topological polar surface area (TPSA) is 52.0 Å². The van der Waals surface area contributed by atoms with Crippen LogP contribution in [0.2, 0.25) is 0 Å². The molecule has 2 aromatic carbocycles. The first-order valence-corrected chi connectivity index (χ1v) is 19.7. The van der Waals surface area contributed by atoms with Gasteiger partial charge in [-0.2, -0.15) is 0 Å². The average Bonchev–Trinajstić information content (AvgIpc) is 3.63. The molecule has 1 unspecified atom stereocenters. The predicted octanol–water partition coefficient (Wildman–Crippen LogP) is 10.9. The SMILES string of the molecule is C/C=C\CCC[C@@H]1CCc2cc([C@H]3CC[C@](N)(CC(C)C[C@@]4(N)CC[C@H](c5ccc6c(c5)CC[C@@H](CCCC)C6)C4)C3)ccc2C1. The molecule has 0 aliphatic heterocycles. The Morgan fingerprint density at radius 3 is 1.76 bits per heavy atom. The Labute approximate surface area is 282 Å². The summed E-state index contributed by atoms with van der Waals surface area (Å²) >= 11 is 0. The summed E-state index contributed by atoms with van der Waals surface area (Å²) in [6.07, 6.45) is 29.7. The zero-order valence-corrected chi connectivity index (χ0v) is 29.8. The van der Waals surface area contributed by atoms with Gasteiger partial charge in [0.2, 0.25) is 0 Å². The van der Waals surface area contributed by atoms with Crippen molar-refractivity contribution in [2.45, 2.75) is 172 Å². The molecule has 2 saturated carbocycles. The standard InChI is InChI=1S/C44H66N2/c1-4-6-8-9-11-34-13-15-38-27-40(19-17-36(38)25-34)42-21-23-44(46,31-42)29-32(3)28-43(45)22-20-41(30-43)39-18-16-35-24-33(10-7-5-2)12-14-37(35)26-39/h4,6,16-19,26-27,32-34,41-42H,5,7-15,20-25,28-31,45-46H2,1-3H3/b6-4-/t32?,33-,34-,41+,42+,43+,44+/m1/s1. The molecule has 6 rings (SSSR count). The Morgan fingerprint density at radius 1 is 0.739 bits per heavy atom. The molecule has 0 bridgehead atoms.